The lowest BCUT2D eigenvalue weighted by atomic mass is 10.1. The molecule has 8 heteroatoms. The van der Waals surface area contributed by atoms with Gasteiger partial charge in [0, 0.05) is 12.3 Å². The predicted octanol–water partition coefficient (Wildman–Crippen LogP) is 2.15. The maximum atomic E-state index is 12.2. The van der Waals surface area contributed by atoms with Crippen LogP contribution in [0.1, 0.15) is 27.4 Å². The summed E-state index contributed by atoms with van der Waals surface area (Å²) in [5.74, 6) is -0.0970. The van der Waals surface area contributed by atoms with Gasteiger partial charge in [-0.2, -0.15) is 5.10 Å². The van der Waals surface area contributed by atoms with Crippen molar-refractivity contribution in [2.45, 2.75) is 19.4 Å². The van der Waals surface area contributed by atoms with Crippen molar-refractivity contribution in [2.24, 2.45) is 0 Å². The van der Waals surface area contributed by atoms with Crippen molar-refractivity contribution in [2.75, 3.05) is 0 Å². The third-order valence-electron chi connectivity index (χ3n) is 4.11. The molecule has 136 valence electrons. The van der Waals surface area contributed by atoms with Crippen molar-refractivity contribution in [1.29, 1.82) is 0 Å². The number of carbonyl (C=O) groups excluding carboxylic acids is 1. The first kappa shape index (κ1) is 16.8. The number of hydrogen-bond acceptors (Lipinski definition) is 6. The van der Waals surface area contributed by atoms with E-state index >= 15 is 0 Å². The minimum absolute atomic E-state index is 0.0322. The van der Waals surface area contributed by atoms with Crippen molar-refractivity contribution in [3.8, 4) is 0 Å². The maximum Gasteiger partial charge on any atom is 0.347 e. The number of esters is 1. The molecule has 0 bridgehead atoms. The van der Waals surface area contributed by atoms with E-state index in [9.17, 15) is 9.59 Å². The summed E-state index contributed by atoms with van der Waals surface area (Å²) < 4.78 is 11.7. The number of aryl methyl sites for hydroxylation is 2. The quantitative estimate of drug-likeness (QED) is 0.526. The van der Waals surface area contributed by atoms with Crippen molar-refractivity contribution < 1.29 is 14.1 Å². The lowest BCUT2D eigenvalue weighted by molar-refractivity contribution is 0.0436. The van der Waals surface area contributed by atoms with Gasteiger partial charge in [0.05, 0.1) is 11.3 Å². The van der Waals surface area contributed by atoms with Crippen LogP contribution in [-0.2, 0) is 24.2 Å². The molecule has 4 rings (SSSR count). The van der Waals surface area contributed by atoms with Crippen LogP contribution in [0.25, 0.3) is 5.65 Å². The zero-order valence-corrected chi connectivity index (χ0v) is 14.3. The van der Waals surface area contributed by atoms with Crippen molar-refractivity contribution in [3.05, 3.63) is 87.8 Å². The van der Waals surface area contributed by atoms with Crippen LogP contribution >= 0.6 is 0 Å². The summed E-state index contributed by atoms with van der Waals surface area (Å²) in [5, 5.41) is 10.1. The smallest absolute Gasteiger partial charge is 0.347 e. The molecule has 8 nitrogen and oxygen atoms in total. The number of H-pyrrole nitrogens is 1. The molecule has 3 aromatic heterocycles. The summed E-state index contributed by atoms with van der Waals surface area (Å²) in [7, 11) is 0. The lowest BCUT2D eigenvalue weighted by Gasteiger charge is -2.02. The Labute approximate surface area is 153 Å². The van der Waals surface area contributed by atoms with E-state index in [0.29, 0.717) is 11.4 Å². The van der Waals surface area contributed by atoms with Gasteiger partial charge in [0.1, 0.15) is 0 Å². The van der Waals surface area contributed by atoms with Crippen LogP contribution in [-0.4, -0.2) is 25.7 Å². The molecule has 0 fully saturated rings. The maximum absolute atomic E-state index is 12.2. The normalized spacial score (nSPS) is 11.0. The SMILES string of the molecule is O=C(OCc1cc(CCc2ccccc2)no1)c1ccc2n[nH]c(=O)n2c1. The predicted molar refractivity (Wildman–Crippen MR) is 95.3 cm³/mol. The second-order valence-corrected chi connectivity index (χ2v) is 6.02. The Bertz CT molecular complexity index is 1130. The summed E-state index contributed by atoms with van der Waals surface area (Å²) >= 11 is 0. The summed E-state index contributed by atoms with van der Waals surface area (Å²) in [5.41, 5.74) is 2.28. The summed E-state index contributed by atoms with van der Waals surface area (Å²) in [6.07, 6.45) is 2.97. The molecule has 0 amide bonds. The van der Waals surface area contributed by atoms with E-state index in [-0.39, 0.29) is 12.2 Å². The fourth-order valence-corrected chi connectivity index (χ4v) is 2.71. The number of fused-ring (bicyclic) bond motifs is 1. The van der Waals surface area contributed by atoms with E-state index in [1.165, 1.54) is 16.2 Å². The van der Waals surface area contributed by atoms with Crippen LogP contribution in [0.3, 0.4) is 0 Å². The van der Waals surface area contributed by atoms with Gasteiger partial charge in [-0.05, 0) is 30.5 Å². The molecule has 0 aliphatic rings. The highest BCUT2D eigenvalue weighted by Crippen LogP contribution is 2.11. The molecule has 0 aliphatic carbocycles. The highest BCUT2D eigenvalue weighted by molar-refractivity contribution is 5.89. The number of aromatic nitrogens is 4. The van der Waals surface area contributed by atoms with Gasteiger partial charge in [-0.15, -0.1) is 0 Å². The number of nitrogens with zero attached hydrogens (tertiary/aromatic N) is 3. The van der Waals surface area contributed by atoms with Gasteiger partial charge in [0.25, 0.3) is 0 Å². The van der Waals surface area contributed by atoms with Crippen LogP contribution in [0, 0.1) is 0 Å². The highest BCUT2D eigenvalue weighted by Gasteiger charge is 2.12. The molecule has 27 heavy (non-hydrogen) atoms. The third kappa shape index (κ3) is 3.79. The zero-order chi connectivity index (χ0) is 18.6. The molecule has 4 aromatic rings. The number of carbonyl (C=O) groups is 1. The summed E-state index contributed by atoms with van der Waals surface area (Å²) in [6.45, 7) is -0.0322. The number of rotatable bonds is 6. The van der Waals surface area contributed by atoms with Crippen LogP contribution < -0.4 is 5.69 Å². The first-order valence-electron chi connectivity index (χ1n) is 8.41. The second kappa shape index (κ2) is 7.28. The van der Waals surface area contributed by atoms with Crippen molar-refractivity contribution in [1.82, 2.24) is 19.8 Å². The Morgan fingerprint density at radius 1 is 1.15 bits per heavy atom. The summed E-state index contributed by atoms with van der Waals surface area (Å²) in [6, 6.07) is 15.0. The first-order chi connectivity index (χ1) is 13.2. The van der Waals surface area contributed by atoms with Gasteiger partial charge in [-0.3, -0.25) is 0 Å². The topological polar surface area (TPSA) is 102 Å². The second-order valence-electron chi connectivity index (χ2n) is 6.02. The molecule has 1 aromatic carbocycles. The van der Waals surface area contributed by atoms with Crippen LogP contribution in [0.5, 0.6) is 0 Å². The third-order valence-corrected chi connectivity index (χ3v) is 4.11. The Kier molecular flexibility index (Phi) is 4.52. The van der Waals surface area contributed by atoms with Crippen LogP contribution in [0.2, 0.25) is 0 Å². The van der Waals surface area contributed by atoms with E-state index in [2.05, 4.69) is 27.5 Å². The molecular formula is C19H16N4O4. The number of benzene rings is 1. The minimum atomic E-state index is -0.563. The Morgan fingerprint density at radius 2 is 2.00 bits per heavy atom. The molecule has 0 spiro atoms. The Morgan fingerprint density at radius 3 is 2.85 bits per heavy atom. The first-order valence-corrected chi connectivity index (χ1v) is 8.41. The molecule has 0 aliphatic heterocycles. The molecule has 0 unspecified atom stereocenters. The van der Waals surface area contributed by atoms with Gasteiger partial charge >= 0.3 is 11.7 Å². The average Bonchev–Trinajstić information content (AvgIpc) is 3.32. The van der Waals surface area contributed by atoms with E-state index in [1.54, 1.807) is 18.2 Å². The van der Waals surface area contributed by atoms with Gasteiger partial charge in [0.2, 0.25) is 0 Å². The molecule has 0 atom stereocenters. The highest BCUT2D eigenvalue weighted by atomic mass is 16.5. The molecule has 1 N–H and O–H groups in total. The fraction of sp³-hybridized carbons (Fsp3) is 0.158. The minimum Gasteiger partial charge on any atom is -0.454 e. The van der Waals surface area contributed by atoms with Gasteiger partial charge in [-0.1, -0.05) is 35.5 Å². The molecule has 0 saturated carbocycles. The van der Waals surface area contributed by atoms with E-state index in [1.807, 2.05) is 18.2 Å². The zero-order valence-electron chi connectivity index (χ0n) is 14.3. The molecule has 3 heterocycles. The standard InChI is InChI=1S/C19H16N4O4/c24-18(14-7-9-17-20-21-19(25)23(17)11-14)26-12-16-10-15(22-27-16)8-6-13-4-2-1-3-5-13/h1-5,7,9-11H,6,8,12H2,(H,21,25). The van der Waals surface area contributed by atoms with E-state index < -0.39 is 11.7 Å². The Hall–Kier alpha value is -3.68. The van der Waals surface area contributed by atoms with Crippen molar-refractivity contribution in [3.63, 3.8) is 0 Å². The number of nitrogens with one attached hydrogen (secondary N) is 1. The van der Waals surface area contributed by atoms with Crippen LogP contribution in [0.15, 0.2) is 64.0 Å². The monoisotopic (exact) mass is 364 g/mol. The number of aromatic amines is 1. The number of hydrogen-bond donors (Lipinski definition) is 1. The van der Waals surface area contributed by atoms with Crippen molar-refractivity contribution >= 4 is 11.6 Å². The van der Waals surface area contributed by atoms with Gasteiger partial charge in [-0.25, -0.2) is 19.1 Å². The van der Waals surface area contributed by atoms with Gasteiger partial charge < -0.3 is 9.26 Å². The molecule has 0 radical (unpaired) electrons. The fourth-order valence-electron chi connectivity index (χ4n) is 2.71. The van der Waals surface area contributed by atoms with Crippen LogP contribution in [0.4, 0.5) is 0 Å². The van der Waals surface area contributed by atoms with E-state index in [4.69, 9.17) is 9.26 Å². The lowest BCUT2D eigenvalue weighted by Crippen LogP contribution is -2.12. The number of pyridine rings is 1. The molecule has 0 saturated heterocycles. The summed E-state index contributed by atoms with van der Waals surface area (Å²) in [4.78, 5) is 23.8. The van der Waals surface area contributed by atoms with Gasteiger partial charge in [0.15, 0.2) is 18.0 Å². The van der Waals surface area contributed by atoms with E-state index in [0.717, 1.165) is 18.5 Å². The Balaban J connectivity index is 1.35. The average molecular weight is 364 g/mol. The molecular weight excluding hydrogens is 348 g/mol. The largest absolute Gasteiger partial charge is 0.454 e. The number of ether oxygens (including phenoxy) is 1.